The SMILES string of the molecule is OC(c1ccc2c(c1)OCO2)[C@H]1[C@@H](OCc2ccccc2)CCN1O. The lowest BCUT2D eigenvalue weighted by Crippen LogP contribution is -2.39. The van der Waals surface area contributed by atoms with Gasteiger partial charge in [0.25, 0.3) is 0 Å². The average Bonchev–Trinajstić information content (AvgIpc) is 3.26. The third-order valence-corrected chi connectivity index (χ3v) is 4.74. The van der Waals surface area contributed by atoms with Gasteiger partial charge in [-0.2, -0.15) is 5.06 Å². The Morgan fingerprint density at radius 2 is 1.92 bits per heavy atom. The van der Waals surface area contributed by atoms with Crippen molar-refractivity contribution in [3.63, 3.8) is 0 Å². The molecule has 2 heterocycles. The Morgan fingerprint density at radius 1 is 1.12 bits per heavy atom. The second kappa shape index (κ2) is 7.01. The van der Waals surface area contributed by atoms with Crippen molar-refractivity contribution in [3.8, 4) is 11.5 Å². The zero-order valence-corrected chi connectivity index (χ0v) is 13.7. The van der Waals surface area contributed by atoms with E-state index in [-0.39, 0.29) is 12.9 Å². The molecule has 1 unspecified atom stereocenters. The summed E-state index contributed by atoms with van der Waals surface area (Å²) < 4.78 is 16.7. The fourth-order valence-corrected chi connectivity index (χ4v) is 3.39. The first-order valence-electron chi connectivity index (χ1n) is 8.41. The molecule has 0 aromatic heterocycles. The van der Waals surface area contributed by atoms with E-state index >= 15 is 0 Å². The van der Waals surface area contributed by atoms with Gasteiger partial charge in [-0.1, -0.05) is 36.4 Å². The third kappa shape index (κ3) is 3.34. The molecule has 2 aromatic rings. The number of ether oxygens (including phenoxy) is 3. The molecule has 6 nitrogen and oxygen atoms in total. The van der Waals surface area contributed by atoms with Crippen LogP contribution in [0.3, 0.4) is 0 Å². The highest BCUT2D eigenvalue weighted by molar-refractivity contribution is 5.45. The van der Waals surface area contributed by atoms with E-state index < -0.39 is 12.1 Å². The summed E-state index contributed by atoms with van der Waals surface area (Å²) in [5.41, 5.74) is 1.73. The summed E-state index contributed by atoms with van der Waals surface area (Å²) in [6.45, 7) is 1.10. The van der Waals surface area contributed by atoms with Gasteiger partial charge >= 0.3 is 0 Å². The first-order valence-corrected chi connectivity index (χ1v) is 8.41. The molecule has 2 N–H and O–H groups in total. The highest BCUT2D eigenvalue weighted by Gasteiger charge is 2.40. The standard InChI is InChI=1S/C19H21NO5/c21-19(14-6-7-15-17(10-14)25-12-24-15)18-16(8-9-20(18)22)23-11-13-4-2-1-3-5-13/h1-7,10,16,18-19,21-22H,8-9,11-12H2/t16-,18+,19?/m0/s1. The molecular formula is C19H21NO5. The van der Waals surface area contributed by atoms with Gasteiger partial charge in [0, 0.05) is 6.54 Å². The second-order valence-electron chi connectivity index (χ2n) is 6.33. The van der Waals surface area contributed by atoms with Crippen LogP contribution in [0.4, 0.5) is 0 Å². The van der Waals surface area contributed by atoms with Gasteiger partial charge in [0.15, 0.2) is 11.5 Å². The molecule has 1 fully saturated rings. The quantitative estimate of drug-likeness (QED) is 0.869. The first kappa shape index (κ1) is 16.4. The monoisotopic (exact) mass is 343 g/mol. The normalized spacial score (nSPS) is 23.8. The minimum atomic E-state index is -0.886. The van der Waals surface area contributed by atoms with Crippen LogP contribution < -0.4 is 9.47 Å². The van der Waals surface area contributed by atoms with Crippen LogP contribution in [0.15, 0.2) is 48.5 Å². The fraction of sp³-hybridized carbons (Fsp3) is 0.368. The van der Waals surface area contributed by atoms with E-state index in [1.54, 1.807) is 18.2 Å². The van der Waals surface area contributed by atoms with Gasteiger partial charge in [0.1, 0.15) is 0 Å². The predicted molar refractivity (Wildman–Crippen MR) is 89.4 cm³/mol. The molecule has 6 heteroatoms. The molecule has 132 valence electrons. The lowest BCUT2D eigenvalue weighted by Gasteiger charge is -2.28. The topological polar surface area (TPSA) is 71.4 Å². The van der Waals surface area contributed by atoms with Crippen molar-refractivity contribution in [2.45, 2.75) is 31.3 Å². The van der Waals surface area contributed by atoms with E-state index in [2.05, 4.69) is 0 Å². The molecule has 25 heavy (non-hydrogen) atoms. The van der Waals surface area contributed by atoms with Gasteiger partial charge in [0.2, 0.25) is 6.79 Å². The van der Waals surface area contributed by atoms with E-state index in [4.69, 9.17) is 14.2 Å². The number of aliphatic hydroxyl groups excluding tert-OH is 1. The molecule has 1 saturated heterocycles. The molecular weight excluding hydrogens is 322 g/mol. The van der Waals surface area contributed by atoms with Crippen LogP contribution in [-0.4, -0.2) is 40.9 Å². The number of hydroxylamine groups is 2. The predicted octanol–water partition coefficient (Wildman–Crippen LogP) is 2.50. The molecule has 2 aliphatic rings. The number of hydrogen-bond acceptors (Lipinski definition) is 6. The Kier molecular flexibility index (Phi) is 4.59. The van der Waals surface area contributed by atoms with Gasteiger partial charge in [-0.25, -0.2) is 0 Å². The molecule has 0 amide bonds. The minimum Gasteiger partial charge on any atom is -0.454 e. The highest BCUT2D eigenvalue weighted by Crippen LogP contribution is 2.37. The Morgan fingerprint density at radius 3 is 2.76 bits per heavy atom. The zero-order valence-electron chi connectivity index (χ0n) is 13.7. The van der Waals surface area contributed by atoms with Crippen molar-refractivity contribution in [2.75, 3.05) is 13.3 Å². The summed E-state index contributed by atoms with van der Waals surface area (Å²) in [6, 6.07) is 14.7. The van der Waals surface area contributed by atoms with Crippen LogP contribution in [0.2, 0.25) is 0 Å². The molecule has 2 aromatic carbocycles. The van der Waals surface area contributed by atoms with Crippen molar-refractivity contribution < 1.29 is 24.5 Å². The highest BCUT2D eigenvalue weighted by atomic mass is 16.7. The van der Waals surface area contributed by atoms with Crippen molar-refractivity contribution in [1.82, 2.24) is 5.06 Å². The number of aliphatic hydroxyl groups is 1. The summed E-state index contributed by atoms with van der Waals surface area (Å²) in [7, 11) is 0. The lowest BCUT2D eigenvalue weighted by atomic mass is 9.98. The van der Waals surface area contributed by atoms with E-state index in [1.165, 1.54) is 5.06 Å². The molecule has 0 aliphatic carbocycles. The summed E-state index contributed by atoms with van der Waals surface area (Å²) in [6.07, 6.45) is -0.483. The number of rotatable bonds is 5. The fourth-order valence-electron chi connectivity index (χ4n) is 3.39. The number of hydrogen-bond donors (Lipinski definition) is 2. The summed E-state index contributed by atoms with van der Waals surface area (Å²) >= 11 is 0. The maximum absolute atomic E-state index is 10.8. The van der Waals surface area contributed by atoms with Crippen LogP contribution in [0, 0.1) is 0 Å². The van der Waals surface area contributed by atoms with Crippen molar-refractivity contribution in [2.24, 2.45) is 0 Å². The summed E-state index contributed by atoms with van der Waals surface area (Å²) in [5, 5.41) is 22.2. The van der Waals surface area contributed by atoms with Gasteiger partial charge in [-0.3, -0.25) is 0 Å². The van der Waals surface area contributed by atoms with E-state index in [1.807, 2.05) is 30.3 Å². The van der Waals surface area contributed by atoms with Gasteiger partial charge < -0.3 is 24.5 Å². The van der Waals surface area contributed by atoms with E-state index in [0.717, 1.165) is 5.56 Å². The van der Waals surface area contributed by atoms with Crippen molar-refractivity contribution in [1.29, 1.82) is 0 Å². The van der Waals surface area contributed by atoms with Gasteiger partial charge in [-0.15, -0.1) is 0 Å². The van der Waals surface area contributed by atoms with Crippen LogP contribution in [-0.2, 0) is 11.3 Å². The molecule has 4 rings (SSSR count). The Balaban J connectivity index is 1.48. The first-order chi connectivity index (χ1) is 12.2. The number of benzene rings is 2. The van der Waals surface area contributed by atoms with E-state index in [0.29, 0.717) is 36.6 Å². The largest absolute Gasteiger partial charge is 0.454 e. The molecule has 3 atom stereocenters. The average molecular weight is 343 g/mol. The maximum Gasteiger partial charge on any atom is 0.231 e. The Labute approximate surface area is 146 Å². The minimum absolute atomic E-state index is 0.188. The van der Waals surface area contributed by atoms with Crippen molar-refractivity contribution in [3.05, 3.63) is 59.7 Å². The van der Waals surface area contributed by atoms with Crippen LogP contribution in [0.5, 0.6) is 11.5 Å². The maximum atomic E-state index is 10.8. The molecule has 0 saturated carbocycles. The van der Waals surface area contributed by atoms with Gasteiger partial charge in [0.05, 0.1) is 24.9 Å². The van der Waals surface area contributed by atoms with E-state index in [9.17, 15) is 10.3 Å². The van der Waals surface area contributed by atoms with Crippen LogP contribution in [0.1, 0.15) is 23.7 Å². The van der Waals surface area contributed by atoms with Crippen LogP contribution in [0.25, 0.3) is 0 Å². The molecule has 0 bridgehead atoms. The molecule has 0 spiro atoms. The molecule has 2 aliphatic heterocycles. The number of fused-ring (bicyclic) bond motifs is 1. The zero-order chi connectivity index (χ0) is 17.2. The summed E-state index contributed by atoms with van der Waals surface area (Å²) in [5.74, 6) is 1.28. The smallest absolute Gasteiger partial charge is 0.231 e. The van der Waals surface area contributed by atoms with Crippen LogP contribution >= 0.6 is 0 Å². The lowest BCUT2D eigenvalue weighted by molar-refractivity contribution is -0.156. The number of nitrogens with zero attached hydrogens (tertiary/aromatic N) is 1. The molecule has 0 radical (unpaired) electrons. The van der Waals surface area contributed by atoms with Crippen molar-refractivity contribution >= 4 is 0 Å². The van der Waals surface area contributed by atoms with Gasteiger partial charge in [-0.05, 0) is 29.7 Å². The Hall–Kier alpha value is -2.12. The summed E-state index contributed by atoms with van der Waals surface area (Å²) in [4.78, 5) is 0. The third-order valence-electron chi connectivity index (χ3n) is 4.74. The Bertz CT molecular complexity index is 723. The second-order valence-corrected chi connectivity index (χ2v) is 6.33.